The molecule has 0 atom stereocenters. The second kappa shape index (κ2) is 13.1. The SMILES string of the molecule is C=C(CCCC)C(N)=O.CCN(CC)CC(=O)Nc1c(C)cccc1C. The smallest absolute Gasteiger partial charge is 0.244 e. The molecule has 26 heavy (non-hydrogen) atoms. The minimum atomic E-state index is -0.372. The second-order valence-electron chi connectivity index (χ2n) is 6.35. The Morgan fingerprint density at radius 2 is 1.65 bits per heavy atom. The maximum absolute atomic E-state index is 11.9. The lowest BCUT2D eigenvalue weighted by atomic mass is 10.1. The molecule has 1 aromatic rings. The van der Waals surface area contributed by atoms with Gasteiger partial charge < -0.3 is 11.1 Å². The van der Waals surface area contributed by atoms with Gasteiger partial charge in [0.25, 0.3) is 0 Å². The molecule has 0 fully saturated rings. The Morgan fingerprint density at radius 3 is 2.08 bits per heavy atom. The molecule has 0 saturated heterocycles. The van der Waals surface area contributed by atoms with E-state index in [-0.39, 0.29) is 11.8 Å². The molecule has 1 rings (SSSR count). The number of primary amides is 1. The summed E-state index contributed by atoms with van der Waals surface area (Å²) in [5, 5.41) is 3.00. The van der Waals surface area contributed by atoms with Crippen LogP contribution < -0.4 is 11.1 Å². The molecule has 0 aliphatic heterocycles. The third-order valence-electron chi connectivity index (χ3n) is 4.19. The molecule has 0 aliphatic rings. The Morgan fingerprint density at radius 1 is 1.12 bits per heavy atom. The van der Waals surface area contributed by atoms with Crippen LogP contribution in [-0.4, -0.2) is 36.3 Å². The first-order chi connectivity index (χ1) is 12.3. The van der Waals surface area contributed by atoms with Crippen LogP contribution in [0.15, 0.2) is 30.4 Å². The van der Waals surface area contributed by atoms with E-state index in [4.69, 9.17) is 5.73 Å². The molecule has 0 bridgehead atoms. The molecule has 0 radical (unpaired) electrons. The maximum Gasteiger partial charge on any atom is 0.244 e. The zero-order valence-corrected chi connectivity index (χ0v) is 17.0. The molecule has 146 valence electrons. The minimum Gasteiger partial charge on any atom is -0.366 e. The number of carbonyl (C=O) groups is 2. The number of amides is 2. The van der Waals surface area contributed by atoms with Crippen molar-refractivity contribution in [3.8, 4) is 0 Å². The van der Waals surface area contributed by atoms with Crippen LogP contribution in [0.2, 0.25) is 0 Å². The van der Waals surface area contributed by atoms with E-state index in [0.717, 1.165) is 49.2 Å². The molecule has 3 N–H and O–H groups in total. The van der Waals surface area contributed by atoms with Gasteiger partial charge in [0.15, 0.2) is 0 Å². The van der Waals surface area contributed by atoms with Crippen molar-refractivity contribution < 1.29 is 9.59 Å². The molecular weight excluding hydrogens is 326 g/mol. The Kier molecular flexibility index (Phi) is 12.0. The van der Waals surface area contributed by atoms with Crippen LogP contribution in [0.1, 0.15) is 51.2 Å². The fourth-order valence-corrected chi connectivity index (χ4v) is 2.35. The number of aryl methyl sites for hydroxylation is 2. The highest BCUT2D eigenvalue weighted by Gasteiger charge is 2.10. The Hall–Kier alpha value is -2.14. The number of carbonyl (C=O) groups excluding carboxylic acids is 2. The number of unbranched alkanes of at least 4 members (excludes halogenated alkanes) is 1. The van der Waals surface area contributed by atoms with Crippen molar-refractivity contribution in [3.05, 3.63) is 41.5 Å². The van der Waals surface area contributed by atoms with E-state index < -0.39 is 0 Å². The lowest BCUT2D eigenvalue weighted by molar-refractivity contribution is -0.117. The van der Waals surface area contributed by atoms with E-state index in [0.29, 0.717) is 12.1 Å². The lowest BCUT2D eigenvalue weighted by Crippen LogP contribution is -2.33. The highest BCUT2D eigenvalue weighted by Crippen LogP contribution is 2.19. The number of hydrogen-bond donors (Lipinski definition) is 2. The number of hydrogen-bond acceptors (Lipinski definition) is 3. The van der Waals surface area contributed by atoms with E-state index >= 15 is 0 Å². The fourth-order valence-electron chi connectivity index (χ4n) is 2.35. The van der Waals surface area contributed by atoms with E-state index in [2.05, 4.69) is 37.6 Å². The van der Waals surface area contributed by atoms with Gasteiger partial charge in [-0.25, -0.2) is 0 Å². The van der Waals surface area contributed by atoms with Crippen LogP contribution >= 0.6 is 0 Å². The van der Waals surface area contributed by atoms with Gasteiger partial charge in [-0.2, -0.15) is 0 Å². The van der Waals surface area contributed by atoms with Gasteiger partial charge >= 0.3 is 0 Å². The summed E-state index contributed by atoms with van der Waals surface area (Å²) in [4.78, 5) is 24.3. The van der Waals surface area contributed by atoms with E-state index in [9.17, 15) is 9.59 Å². The van der Waals surface area contributed by atoms with Crippen molar-refractivity contribution in [3.63, 3.8) is 0 Å². The lowest BCUT2D eigenvalue weighted by Gasteiger charge is -2.18. The van der Waals surface area contributed by atoms with Crippen LogP contribution in [0.3, 0.4) is 0 Å². The summed E-state index contributed by atoms with van der Waals surface area (Å²) < 4.78 is 0. The van der Waals surface area contributed by atoms with E-state index in [1.807, 2.05) is 32.0 Å². The van der Waals surface area contributed by atoms with Gasteiger partial charge in [-0.15, -0.1) is 0 Å². The highest BCUT2D eigenvalue weighted by molar-refractivity contribution is 5.93. The Bertz CT molecular complexity index is 573. The fraction of sp³-hybridized carbons (Fsp3) is 0.524. The Balaban J connectivity index is 0.000000590. The third-order valence-corrected chi connectivity index (χ3v) is 4.19. The topological polar surface area (TPSA) is 75.4 Å². The van der Waals surface area contributed by atoms with Crippen LogP contribution in [-0.2, 0) is 9.59 Å². The zero-order chi connectivity index (χ0) is 20.1. The first-order valence-corrected chi connectivity index (χ1v) is 9.32. The molecule has 0 aliphatic carbocycles. The molecule has 5 nitrogen and oxygen atoms in total. The van der Waals surface area contributed by atoms with Crippen molar-refractivity contribution >= 4 is 17.5 Å². The number of nitrogens with one attached hydrogen (secondary N) is 1. The standard InChI is InChI=1S/C14H22N2O.C7H13NO/c1-5-16(6-2)10-13(17)15-14-11(3)8-7-9-12(14)4;1-3-4-5-6(2)7(8)9/h7-9H,5-6,10H2,1-4H3,(H,15,17);2-5H2,1H3,(H2,8,9). The average Bonchev–Trinajstić information content (AvgIpc) is 2.61. The molecule has 5 heteroatoms. The van der Waals surface area contributed by atoms with E-state index in [1.54, 1.807) is 0 Å². The number of anilines is 1. The van der Waals surface area contributed by atoms with E-state index in [1.165, 1.54) is 0 Å². The Labute approximate surface area is 158 Å². The molecule has 2 amide bonds. The minimum absolute atomic E-state index is 0.0612. The van der Waals surface area contributed by atoms with Crippen LogP contribution in [0.5, 0.6) is 0 Å². The van der Waals surface area contributed by atoms with Gasteiger partial charge in [0.2, 0.25) is 11.8 Å². The maximum atomic E-state index is 11.9. The quantitative estimate of drug-likeness (QED) is 0.657. The third kappa shape index (κ3) is 9.37. The summed E-state index contributed by atoms with van der Waals surface area (Å²) in [5.74, 6) is -0.311. The highest BCUT2D eigenvalue weighted by atomic mass is 16.2. The predicted octanol–water partition coefficient (Wildman–Crippen LogP) is 3.80. The first kappa shape index (κ1) is 23.9. The summed E-state index contributed by atoms with van der Waals surface area (Å²) in [7, 11) is 0. The molecule has 0 heterocycles. The van der Waals surface area contributed by atoms with Gasteiger partial charge in [0.05, 0.1) is 6.54 Å². The van der Waals surface area contributed by atoms with Gasteiger partial charge in [0.1, 0.15) is 0 Å². The first-order valence-electron chi connectivity index (χ1n) is 9.32. The molecule has 0 saturated carbocycles. The summed E-state index contributed by atoms with van der Waals surface area (Å²) in [5.41, 5.74) is 8.64. The summed E-state index contributed by atoms with van der Waals surface area (Å²) in [6.45, 7) is 16.0. The van der Waals surface area contributed by atoms with Gasteiger partial charge in [-0.3, -0.25) is 14.5 Å². The molecule has 0 spiro atoms. The number of nitrogens with two attached hydrogens (primary N) is 1. The number of para-hydroxylation sites is 1. The predicted molar refractivity (Wildman–Crippen MR) is 110 cm³/mol. The monoisotopic (exact) mass is 361 g/mol. The van der Waals surface area contributed by atoms with Gasteiger partial charge in [-0.1, -0.05) is 52.0 Å². The second-order valence-corrected chi connectivity index (χ2v) is 6.35. The van der Waals surface area contributed by atoms with Crippen molar-refractivity contribution in [1.29, 1.82) is 0 Å². The average molecular weight is 362 g/mol. The van der Waals surface area contributed by atoms with Gasteiger partial charge in [0, 0.05) is 11.3 Å². The van der Waals surface area contributed by atoms with Crippen molar-refractivity contribution in [2.45, 2.75) is 53.9 Å². The largest absolute Gasteiger partial charge is 0.366 e. The van der Waals surface area contributed by atoms with Crippen molar-refractivity contribution in [2.24, 2.45) is 5.73 Å². The number of nitrogens with zero attached hydrogens (tertiary/aromatic N) is 1. The zero-order valence-electron chi connectivity index (χ0n) is 17.0. The summed E-state index contributed by atoms with van der Waals surface area (Å²) >= 11 is 0. The molecule has 0 unspecified atom stereocenters. The normalized spacial score (nSPS) is 10.1. The number of benzene rings is 1. The van der Waals surface area contributed by atoms with Gasteiger partial charge in [-0.05, 0) is 50.9 Å². The summed E-state index contributed by atoms with van der Waals surface area (Å²) in [6, 6.07) is 6.03. The molecule has 1 aromatic carbocycles. The van der Waals surface area contributed by atoms with Crippen LogP contribution in [0, 0.1) is 13.8 Å². The van der Waals surface area contributed by atoms with Crippen LogP contribution in [0.25, 0.3) is 0 Å². The number of likely N-dealkylation sites (N-methyl/N-ethyl adjacent to an activating group) is 1. The number of rotatable bonds is 9. The molecular formula is C21H35N3O2. The van der Waals surface area contributed by atoms with Crippen molar-refractivity contribution in [2.75, 3.05) is 25.0 Å². The van der Waals surface area contributed by atoms with Crippen LogP contribution in [0.4, 0.5) is 5.69 Å². The van der Waals surface area contributed by atoms with Crippen molar-refractivity contribution in [1.82, 2.24) is 4.90 Å². The summed E-state index contributed by atoms with van der Waals surface area (Å²) in [6.07, 6.45) is 2.82. The molecule has 0 aromatic heterocycles.